The lowest BCUT2D eigenvalue weighted by molar-refractivity contribution is -0.261. The van der Waals surface area contributed by atoms with Gasteiger partial charge < -0.3 is 15.3 Å². The van der Waals surface area contributed by atoms with Gasteiger partial charge in [0.2, 0.25) is 0 Å². The predicted molar refractivity (Wildman–Crippen MR) is 133 cm³/mol. The van der Waals surface area contributed by atoms with Gasteiger partial charge in [-0.3, -0.25) is 0 Å². The Bertz CT molecular complexity index is 804. The molecule has 10 atom stereocenters. The fourth-order valence-corrected chi connectivity index (χ4v) is 11.5. The highest BCUT2D eigenvalue weighted by Crippen LogP contribution is 2.77. The summed E-state index contributed by atoms with van der Waals surface area (Å²) in [7, 11) is 0. The molecule has 5 rings (SSSR count). The van der Waals surface area contributed by atoms with Crippen LogP contribution in [0.25, 0.3) is 0 Å². The minimum absolute atomic E-state index is 0.0569. The summed E-state index contributed by atoms with van der Waals surface area (Å²) in [6, 6.07) is 0. The topological polar surface area (TPSA) is 60.7 Å². The number of hydrogen-bond donors (Lipinski definition) is 3. The molecule has 3 nitrogen and oxygen atoms in total. The largest absolute Gasteiger partial charge is 0.396 e. The summed E-state index contributed by atoms with van der Waals surface area (Å²) in [5, 5.41) is 32.6. The van der Waals surface area contributed by atoms with Gasteiger partial charge in [0.1, 0.15) is 0 Å². The SMILES string of the molecule is C=C(C)[C@@H]1CC[C@]2(CO)CC[C@]3(C)[C@H](CC[C@@H]4[C@@]5(CO)CC[C@H](O)C(C)(C)[C@@H]5CC[C@]43C)[C@@H]12. The number of fused-ring (bicyclic) bond motifs is 7. The van der Waals surface area contributed by atoms with Gasteiger partial charge in [-0.2, -0.15) is 0 Å². The highest BCUT2D eigenvalue weighted by Gasteiger charge is 2.71. The average Bonchev–Trinajstić information content (AvgIpc) is 3.17. The molecule has 0 amide bonds. The lowest BCUT2D eigenvalue weighted by atomic mass is 9.32. The van der Waals surface area contributed by atoms with E-state index in [-0.39, 0.29) is 39.8 Å². The third-order valence-electron chi connectivity index (χ3n) is 13.6. The third kappa shape index (κ3) is 2.85. The van der Waals surface area contributed by atoms with Crippen molar-refractivity contribution in [3.8, 4) is 0 Å². The average molecular weight is 459 g/mol. The molecule has 188 valence electrons. The molecule has 3 heteroatoms. The molecule has 0 bridgehead atoms. The summed E-state index contributed by atoms with van der Waals surface area (Å²) < 4.78 is 0. The zero-order chi connectivity index (χ0) is 24.0. The molecule has 0 saturated heterocycles. The van der Waals surface area contributed by atoms with Crippen LogP contribution in [0.1, 0.15) is 98.8 Å². The van der Waals surface area contributed by atoms with Gasteiger partial charge in [-0.25, -0.2) is 0 Å². The number of rotatable bonds is 3. The first-order valence-corrected chi connectivity index (χ1v) is 14.0. The van der Waals surface area contributed by atoms with Crippen molar-refractivity contribution in [2.45, 2.75) is 105 Å². The molecule has 5 fully saturated rings. The number of allylic oxidation sites excluding steroid dienone is 1. The van der Waals surface area contributed by atoms with Gasteiger partial charge >= 0.3 is 0 Å². The number of hydrogen-bond acceptors (Lipinski definition) is 3. The van der Waals surface area contributed by atoms with Crippen LogP contribution >= 0.6 is 0 Å². The summed E-state index contributed by atoms with van der Waals surface area (Å²) in [5.74, 6) is 2.66. The van der Waals surface area contributed by atoms with Crippen LogP contribution in [0.15, 0.2) is 12.2 Å². The Morgan fingerprint density at radius 3 is 2.15 bits per heavy atom. The minimum Gasteiger partial charge on any atom is -0.396 e. The molecule has 0 aromatic heterocycles. The van der Waals surface area contributed by atoms with Crippen LogP contribution in [0.3, 0.4) is 0 Å². The Labute approximate surface area is 202 Å². The van der Waals surface area contributed by atoms with Crippen molar-refractivity contribution in [1.82, 2.24) is 0 Å². The molecule has 0 radical (unpaired) electrons. The van der Waals surface area contributed by atoms with Gasteiger partial charge in [0.25, 0.3) is 0 Å². The Balaban J connectivity index is 1.57. The predicted octanol–water partition coefficient (Wildman–Crippen LogP) is 5.97. The van der Waals surface area contributed by atoms with E-state index in [4.69, 9.17) is 0 Å². The van der Waals surface area contributed by atoms with Crippen LogP contribution in [0.5, 0.6) is 0 Å². The molecule has 3 N–H and O–H groups in total. The first-order chi connectivity index (χ1) is 15.4. The summed E-state index contributed by atoms with van der Waals surface area (Å²) in [5.41, 5.74) is 1.68. The molecule has 0 aromatic rings. The van der Waals surface area contributed by atoms with Crippen molar-refractivity contribution in [1.29, 1.82) is 0 Å². The summed E-state index contributed by atoms with van der Waals surface area (Å²) in [6.45, 7) is 17.0. The summed E-state index contributed by atoms with van der Waals surface area (Å²) in [4.78, 5) is 0. The fraction of sp³-hybridized carbons (Fsp3) is 0.933. The van der Waals surface area contributed by atoms with Crippen LogP contribution in [0.2, 0.25) is 0 Å². The van der Waals surface area contributed by atoms with Gasteiger partial charge in [0.15, 0.2) is 0 Å². The zero-order valence-corrected chi connectivity index (χ0v) is 22.0. The first kappa shape index (κ1) is 24.3. The van der Waals surface area contributed by atoms with Crippen molar-refractivity contribution >= 4 is 0 Å². The van der Waals surface area contributed by atoms with Crippen molar-refractivity contribution < 1.29 is 15.3 Å². The van der Waals surface area contributed by atoms with Gasteiger partial charge in [0, 0.05) is 18.6 Å². The van der Waals surface area contributed by atoms with E-state index in [9.17, 15) is 15.3 Å². The maximum absolute atomic E-state index is 11.0. The third-order valence-corrected chi connectivity index (χ3v) is 13.6. The Morgan fingerprint density at radius 2 is 1.52 bits per heavy atom. The van der Waals surface area contributed by atoms with E-state index in [1.165, 1.54) is 37.7 Å². The highest BCUT2D eigenvalue weighted by atomic mass is 16.3. The van der Waals surface area contributed by atoms with Crippen molar-refractivity contribution in [3.63, 3.8) is 0 Å². The Hall–Kier alpha value is -0.380. The lowest BCUT2D eigenvalue weighted by Gasteiger charge is -2.73. The zero-order valence-electron chi connectivity index (χ0n) is 22.0. The summed E-state index contributed by atoms with van der Waals surface area (Å²) >= 11 is 0. The van der Waals surface area contributed by atoms with Crippen molar-refractivity contribution in [2.24, 2.45) is 56.7 Å². The van der Waals surface area contributed by atoms with E-state index in [0.717, 1.165) is 32.1 Å². The van der Waals surface area contributed by atoms with Gasteiger partial charge in [-0.1, -0.05) is 39.8 Å². The molecule has 0 heterocycles. The van der Waals surface area contributed by atoms with E-state index < -0.39 is 0 Å². The molecule has 33 heavy (non-hydrogen) atoms. The van der Waals surface area contributed by atoms with Crippen LogP contribution in [0.4, 0.5) is 0 Å². The smallest absolute Gasteiger partial charge is 0.0594 e. The van der Waals surface area contributed by atoms with Crippen LogP contribution in [-0.2, 0) is 0 Å². The normalized spacial score (nSPS) is 55.2. The van der Waals surface area contributed by atoms with E-state index in [0.29, 0.717) is 36.2 Å². The van der Waals surface area contributed by atoms with Crippen molar-refractivity contribution in [2.75, 3.05) is 13.2 Å². The van der Waals surface area contributed by atoms with E-state index in [1.807, 2.05) is 0 Å². The standard InChI is InChI=1S/C30H50O3/c1-19(2)20-9-13-29(17-31)16-15-27(5)21(25(20)29)7-8-23-28(27,6)12-10-22-26(3,4)24(33)11-14-30(22,23)18-32/h20-25,31-33H,1,7-18H2,2-6H3/t20-,21+,22-,23-,24-,25+,27+,28+,29+,30+/m0/s1. The lowest BCUT2D eigenvalue weighted by Crippen LogP contribution is -2.68. The second kappa shape index (κ2) is 7.56. The minimum atomic E-state index is -0.256. The number of aliphatic hydroxyl groups excluding tert-OH is 3. The Kier molecular flexibility index (Phi) is 5.57. The monoisotopic (exact) mass is 458 g/mol. The Morgan fingerprint density at radius 1 is 0.788 bits per heavy atom. The van der Waals surface area contributed by atoms with E-state index in [2.05, 4.69) is 41.2 Å². The molecule has 0 unspecified atom stereocenters. The molecule has 5 aliphatic rings. The molecule has 5 aliphatic carbocycles. The first-order valence-electron chi connectivity index (χ1n) is 14.0. The molecule has 0 spiro atoms. The molecule has 5 saturated carbocycles. The second-order valence-electron chi connectivity index (χ2n) is 14.5. The van der Waals surface area contributed by atoms with Crippen molar-refractivity contribution in [3.05, 3.63) is 12.2 Å². The van der Waals surface area contributed by atoms with E-state index in [1.54, 1.807) is 0 Å². The maximum atomic E-state index is 11.0. The van der Waals surface area contributed by atoms with Gasteiger partial charge in [0.05, 0.1) is 6.10 Å². The fourth-order valence-electron chi connectivity index (χ4n) is 11.5. The second-order valence-corrected chi connectivity index (χ2v) is 14.5. The van der Waals surface area contributed by atoms with Gasteiger partial charge in [-0.05, 0) is 122 Å². The quantitative estimate of drug-likeness (QED) is 0.457. The molecule has 0 aliphatic heterocycles. The van der Waals surface area contributed by atoms with Gasteiger partial charge in [-0.15, -0.1) is 0 Å². The number of aliphatic hydroxyl groups is 3. The van der Waals surface area contributed by atoms with Crippen LogP contribution in [0, 0.1) is 56.7 Å². The molecular formula is C30H50O3. The summed E-state index contributed by atoms with van der Waals surface area (Å²) in [6.07, 6.45) is 11.0. The molecular weight excluding hydrogens is 408 g/mol. The highest BCUT2D eigenvalue weighted by molar-refractivity contribution is 5.22. The van der Waals surface area contributed by atoms with Crippen LogP contribution < -0.4 is 0 Å². The van der Waals surface area contributed by atoms with Crippen LogP contribution in [-0.4, -0.2) is 34.6 Å². The van der Waals surface area contributed by atoms with E-state index >= 15 is 0 Å². The maximum Gasteiger partial charge on any atom is 0.0594 e. The molecule has 0 aromatic carbocycles.